The molecule has 4 heteroatoms. The van der Waals surface area contributed by atoms with E-state index < -0.39 is 12.3 Å². The molecule has 0 aliphatic carbocycles. The van der Waals surface area contributed by atoms with Crippen LogP contribution in [0.4, 0.5) is 0 Å². The van der Waals surface area contributed by atoms with Gasteiger partial charge in [0.1, 0.15) is 5.78 Å². The summed E-state index contributed by atoms with van der Waals surface area (Å²) in [5.74, 6) is -0.247. The second-order valence-electron chi connectivity index (χ2n) is 4.23. The molecule has 4 nitrogen and oxygen atoms in total. The van der Waals surface area contributed by atoms with E-state index in [0.29, 0.717) is 5.56 Å². The standard InChI is InChI=1S/C15H19NO3/c1-4-10-19-15(16-11(2)12(3)17)14(18)13-8-6-5-7-9-13/h4-9,11,15-16H,1,10H2,2-3H3. The molecule has 0 aliphatic rings. The summed E-state index contributed by atoms with van der Waals surface area (Å²) in [5.41, 5.74) is 0.541. The number of benzene rings is 1. The first-order chi connectivity index (χ1) is 9.06. The number of hydrogen-bond donors (Lipinski definition) is 1. The normalized spacial score (nSPS) is 13.6. The zero-order valence-corrected chi connectivity index (χ0v) is 11.3. The van der Waals surface area contributed by atoms with Crippen LogP contribution < -0.4 is 5.32 Å². The molecule has 0 aliphatic heterocycles. The molecule has 0 amide bonds. The monoisotopic (exact) mass is 261 g/mol. The summed E-state index contributed by atoms with van der Waals surface area (Å²) in [5, 5.41) is 2.88. The molecule has 19 heavy (non-hydrogen) atoms. The Morgan fingerprint density at radius 1 is 1.37 bits per heavy atom. The Hall–Kier alpha value is -1.78. The van der Waals surface area contributed by atoms with Gasteiger partial charge < -0.3 is 4.74 Å². The van der Waals surface area contributed by atoms with Gasteiger partial charge in [0.15, 0.2) is 6.23 Å². The third kappa shape index (κ3) is 4.77. The van der Waals surface area contributed by atoms with Crippen molar-refractivity contribution in [2.24, 2.45) is 0 Å². The molecule has 0 spiro atoms. The molecule has 2 atom stereocenters. The molecular weight excluding hydrogens is 242 g/mol. The van der Waals surface area contributed by atoms with Gasteiger partial charge in [-0.25, -0.2) is 0 Å². The van der Waals surface area contributed by atoms with Crippen LogP contribution in [0.2, 0.25) is 0 Å². The highest BCUT2D eigenvalue weighted by atomic mass is 16.5. The van der Waals surface area contributed by atoms with Gasteiger partial charge in [-0.05, 0) is 13.8 Å². The Morgan fingerprint density at radius 3 is 2.53 bits per heavy atom. The average Bonchev–Trinajstić information content (AvgIpc) is 2.43. The first kappa shape index (κ1) is 15.3. The maximum atomic E-state index is 12.3. The first-order valence-corrected chi connectivity index (χ1v) is 6.14. The lowest BCUT2D eigenvalue weighted by atomic mass is 10.1. The van der Waals surface area contributed by atoms with Gasteiger partial charge in [0.2, 0.25) is 5.78 Å². The molecule has 0 saturated heterocycles. The molecule has 1 aromatic carbocycles. The van der Waals surface area contributed by atoms with E-state index in [1.165, 1.54) is 6.92 Å². The lowest BCUT2D eigenvalue weighted by Crippen LogP contribution is -2.46. The molecule has 0 heterocycles. The molecule has 1 rings (SSSR count). The highest BCUT2D eigenvalue weighted by molar-refractivity contribution is 5.99. The molecule has 0 radical (unpaired) electrons. The lowest BCUT2D eigenvalue weighted by Gasteiger charge is -2.20. The Kier molecular flexibility index (Phi) is 6.12. The van der Waals surface area contributed by atoms with Crippen molar-refractivity contribution in [3.8, 4) is 0 Å². The van der Waals surface area contributed by atoms with Gasteiger partial charge >= 0.3 is 0 Å². The number of carbonyl (C=O) groups excluding carboxylic acids is 2. The van der Waals surface area contributed by atoms with Gasteiger partial charge in [0.05, 0.1) is 12.6 Å². The fraction of sp³-hybridized carbons (Fsp3) is 0.333. The molecule has 0 saturated carbocycles. The van der Waals surface area contributed by atoms with Gasteiger partial charge in [0, 0.05) is 5.56 Å². The molecular formula is C15H19NO3. The summed E-state index contributed by atoms with van der Waals surface area (Å²) in [6.07, 6.45) is 0.713. The summed E-state index contributed by atoms with van der Waals surface area (Å²) in [7, 11) is 0. The predicted molar refractivity (Wildman–Crippen MR) is 74.0 cm³/mol. The van der Waals surface area contributed by atoms with Crippen LogP contribution in [0.25, 0.3) is 0 Å². The summed E-state index contributed by atoms with van der Waals surface area (Å²) < 4.78 is 5.40. The highest BCUT2D eigenvalue weighted by Crippen LogP contribution is 2.06. The Morgan fingerprint density at radius 2 is 2.00 bits per heavy atom. The zero-order valence-electron chi connectivity index (χ0n) is 11.3. The topological polar surface area (TPSA) is 55.4 Å². The van der Waals surface area contributed by atoms with Crippen LogP contribution in [0.15, 0.2) is 43.0 Å². The number of Topliss-reactive ketones (excluding diaryl/α,β-unsaturated/α-hetero) is 2. The van der Waals surface area contributed by atoms with Gasteiger partial charge in [-0.15, -0.1) is 6.58 Å². The largest absolute Gasteiger partial charge is 0.351 e. The molecule has 0 fully saturated rings. The molecule has 0 bridgehead atoms. The van der Waals surface area contributed by atoms with E-state index in [4.69, 9.17) is 4.74 Å². The van der Waals surface area contributed by atoms with Crippen molar-refractivity contribution in [2.45, 2.75) is 26.1 Å². The summed E-state index contributed by atoms with van der Waals surface area (Å²) in [6, 6.07) is 8.39. The Bertz CT molecular complexity index is 442. The SMILES string of the molecule is C=CCOC(NC(C)C(C)=O)C(=O)c1ccccc1. The first-order valence-electron chi connectivity index (χ1n) is 6.14. The fourth-order valence-electron chi connectivity index (χ4n) is 1.46. The predicted octanol–water partition coefficient (Wildman–Crippen LogP) is 1.97. The van der Waals surface area contributed by atoms with Crippen LogP contribution in [-0.4, -0.2) is 30.4 Å². The Balaban J connectivity index is 2.81. The number of nitrogens with one attached hydrogen (secondary N) is 1. The third-order valence-electron chi connectivity index (χ3n) is 2.69. The number of hydrogen-bond acceptors (Lipinski definition) is 4. The third-order valence-corrected chi connectivity index (χ3v) is 2.69. The minimum atomic E-state index is -0.848. The van der Waals surface area contributed by atoms with E-state index in [1.54, 1.807) is 37.3 Å². The van der Waals surface area contributed by atoms with Gasteiger partial charge in [-0.1, -0.05) is 36.4 Å². The number of carbonyl (C=O) groups is 2. The summed E-state index contributed by atoms with van der Waals surface area (Å²) in [4.78, 5) is 23.5. The van der Waals surface area contributed by atoms with Crippen molar-refractivity contribution in [1.29, 1.82) is 0 Å². The molecule has 2 unspecified atom stereocenters. The maximum Gasteiger partial charge on any atom is 0.206 e. The fourth-order valence-corrected chi connectivity index (χ4v) is 1.46. The average molecular weight is 261 g/mol. The van der Waals surface area contributed by atoms with E-state index in [1.807, 2.05) is 6.07 Å². The second kappa shape index (κ2) is 7.61. The van der Waals surface area contributed by atoms with E-state index >= 15 is 0 Å². The van der Waals surface area contributed by atoms with Crippen LogP contribution in [0.3, 0.4) is 0 Å². The smallest absolute Gasteiger partial charge is 0.206 e. The van der Waals surface area contributed by atoms with Gasteiger partial charge in [-0.3, -0.25) is 14.9 Å². The molecule has 1 aromatic rings. The van der Waals surface area contributed by atoms with E-state index in [9.17, 15) is 9.59 Å². The van der Waals surface area contributed by atoms with Crippen molar-refractivity contribution in [2.75, 3.05) is 6.61 Å². The van der Waals surface area contributed by atoms with E-state index in [2.05, 4.69) is 11.9 Å². The van der Waals surface area contributed by atoms with Gasteiger partial charge in [-0.2, -0.15) is 0 Å². The quantitative estimate of drug-likeness (QED) is 0.441. The van der Waals surface area contributed by atoms with Crippen LogP contribution in [0.1, 0.15) is 24.2 Å². The minimum absolute atomic E-state index is 0.0481. The van der Waals surface area contributed by atoms with Crippen LogP contribution >= 0.6 is 0 Å². The number of rotatable bonds is 8. The van der Waals surface area contributed by atoms with Crippen LogP contribution in [0, 0.1) is 0 Å². The van der Waals surface area contributed by atoms with Crippen molar-refractivity contribution in [3.05, 3.63) is 48.6 Å². The second-order valence-corrected chi connectivity index (χ2v) is 4.23. The van der Waals surface area contributed by atoms with Crippen molar-refractivity contribution in [1.82, 2.24) is 5.32 Å². The molecule has 1 N–H and O–H groups in total. The number of ketones is 2. The van der Waals surface area contributed by atoms with E-state index in [0.717, 1.165) is 0 Å². The van der Waals surface area contributed by atoms with Crippen LogP contribution in [0.5, 0.6) is 0 Å². The van der Waals surface area contributed by atoms with Crippen molar-refractivity contribution < 1.29 is 14.3 Å². The molecule has 102 valence electrons. The number of ether oxygens (including phenoxy) is 1. The van der Waals surface area contributed by atoms with Crippen LogP contribution in [-0.2, 0) is 9.53 Å². The Labute approximate surface area is 113 Å². The summed E-state index contributed by atoms with van der Waals surface area (Å²) in [6.45, 7) is 6.95. The van der Waals surface area contributed by atoms with Crippen molar-refractivity contribution in [3.63, 3.8) is 0 Å². The highest BCUT2D eigenvalue weighted by Gasteiger charge is 2.23. The zero-order chi connectivity index (χ0) is 14.3. The van der Waals surface area contributed by atoms with E-state index in [-0.39, 0.29) is 18.2 Å². The van der Waals surface area contributed by atoms with Crippen molar-refractivity contribution >= 4 is 11.6 Å². The summed E-state index contributed by atoms with van der Waals surface area (Å²) >= 11 is 0. The van der Waals surface area contributed by atoms with Gasteiger partial charge in [0.25, 0.3) is 0 Å². The molecule has 0 aromatic heterocycles. The lowest BCUT2D eigenvalue weighted by molar-refractivity contribution is -0.119. The maximum absolute atomic E-state index is 12.3. The minimum Gasteiger partial charge on any atom is -0.351 e.